The number of halogens is 3. The van der Waals surface area contributed by atoms with Crippen LogP contribution in [0.15, 0.2) is 36.5 Å². The normalized spacial score (nSPS) is 24.5. The average molecular weight is 464 g/mol. The number of benzene rings is 1. The van der Waals surface area contributed by atoms with E-state index >= 15 is 0 Å². The Kier molecular flexibility index (Phi) is 6.26. The Morgan fingerprint density at radius 2 is 1.97 bits per heavy atom. The number of hydrogen-bond acceptors (Lipinski definition) is 5. The molecule has 1 spiro atoms. The fraction of sp³-hybridized carbons (Fsp3) is 0.500. The second-order valence-electron chi connectivity index (χ2n) is 9.04. The molecule has 178 valence electrons. The van der Waals surface area contributed by atoms with E-state index in [0.29, 0.717) is 37.0 Å². The van der Waals surface area contributed by atoms with Gasteiger partial charge in [-0.3, -0.25) is 4.79 Å². The third-order valence-corrected chi connectivity index (χ3v) is 6.82. The second kappa shape index (κ2) is 8.85. The molecule has 1 saturated carbocycles. The average Bonchev–Trinajstić information content (AvgIpc) is 2.79. The maximum Gasteiger partial charge on any atom is 0.419 e. The predicted octanol–water partition coefficient (Wildman–Crippen LogP) is 4.97. The number of alkyl halides is 3. The molecular weight excluding hydrogens is 437 g/mol. The molecule has 1 aliphatic heterocycles. The van der Waals surface area contributed by atoms with E-state index in [4.69, 9.17) is 4.74 Å². The summed E-state index contributed by atoms with van der Waals surface area (Å²) in [4.78, 5) is 15.1. The zero-order valence-corrected chi connectivity index (χ0v) is 18.2. The van der Waals surface area contributed by atoms with Crippen LogP contribution in [-0.4, -0.2) is 32.8 Å². The first-order valence-electron chi connectivity index (χ1n) is 11.1. The number of hydrogen-bond donors (Lipinski definition) is 3. The lowest BCUT2D eigenvalue weighted by molar-refractivity contribution is -0.145. The monoisotopic (exact) mass is 464 g/mol. The van der Waals surface area contributed by atoms with Crippen LogP contribution in [0.2, 0.25) is 0 Å². The van der Waals surface area contributed by atoms with Crippen LogP contribution in [-0.2, 0) is 17.4 Å². The van der Waals surface area contributed by atoms with Crippen molar-refractivity contribution in [1.82, 2.24) is 4.98 Å². The van der Waals surface area contributed by atoms with E-state index < -0.39 is 35.3 Å². The zero-order valence-electron chi connectivity index (χ0n) is 18.2. The molecule has 2 aliphatic rings. The van der Waals surface area contributed by atoms with Crippen LogP contribution < -0.4 is 10.1 Å². The minimum Gasteiger partial charge on any atom is -0.487 e. The number of aliphatic carboxylic acids is 1. The molecule has 2 atom stereocenters. The highest BCUT2D eigenvalue weighted by Crippen LogP contribution is 2.44. The Morgan fingerprint density at radius 3 is 2.64 bits per heavy atom. The number of aryl methyl sites for hydroxylation is 1. The van der Waals surface area contributed by atoms with Crippen LogP contribution in [0.5, 0.6) is 5.75 Å². The Labute approximate surface area is 189 Å². The van der Waals surface area contributed by atoms with Crippen molar-refractivity contribution >= 4 is 11.8 Å². The summed E-state index contributed by atoms with van der Waals surface area (Å²) in [5.41, 5.74) is 0.313. The molecule has 9 heteroatoms. The van der Waals surface area contributed by atoms with E-state index in [-0.39, 0.29) is 11.9 Å². The third-order valence-electron chi connectivity index (χ3n) is 6.82. The number of nitrogens with one attached hydrogen (secondary N) is 1. The second-order valence-corrected chi connectivity index (χ2v) is 9.04. The first kappa shape index (κ1) is 23.4. The Balaban J connectivity index is 1.43. The molecule has 0 radical (unpaired) electrons. The van der Waals surface area contributed by atoms with Gasteiger partial charge >= 0.3 is 12.1 Å². The van der Waals surface area contributed by atoms with Gasteiger partial charge in [0.05, 0.1) is 17.6 Å². The minimum absolute atomic E-state index is 0.138. The molecule has 4 rings (SSSR count). The lowest BCUT2D eigenvalue weighted by Gasteiger charge is -2.44. The first-order chi connectivity index (χ1) is 15.6. The van der Waals surface area contributed by atoms with Crippen LogP contribution in [0.25, 0.3) is 0 Å². The van der Waals surface area contributed by atoms with Crippen molar-refractivity contribution in [2.75, 3.05) is 5.32 Å². The smallest absolute Gasteiger partial charge is 0.419 e. The number of aromatic nitrogens is 1. The Bertz CT molecular complexity index is 1020. The molecule has 6 nitrogen and oxygen atoms in total. The van der Waals surface area contributed by atoms with Crippen molar-refractivity contribution in [1.29, 1.82) is 0 Å². The minimum atomic E-state index is -4.47. The van der Waals surface area contributed by atoms with Crippen molar-refractivity contribution in [2.45, 2.75) is 69.4 Å². The van der Waals surface area contributed by atoms with Gasteiger partial charge in [-0.05, 0) is 74.8 Å². The molecular formula is C24H27F3N2O4. The van der Waals surface area contributed by atoms with Crippen molar-refractivity contribution in [2.24, 2.45) is 5.92 Å². The number of aliphatic hydroxyl groups excluding tert-OH is 1. The van der Waals surface area contributed by atoms with E-state index in [1.165, 1.54) is 19.2 Å². The largest absolute Gasteiger partial charge is 0.487 e. The number of ether oxygens (including phenoxy) is 1. The van der Waals surface area contributed by atoms with Gasteiger partial charge in [-0.1, -0.05) is 12.1 Å². The molecule has 3 N–H and O–H groups in total. The van der Waals surface area contributed by atoms with Crippen molar-refractivity contribution in [3.63, 3.8) is 0 Å². The number of carboxylic acid groups (broad SMARTS) is 1. The van der Waals surface area contributed by atoms with E-state index in [2.05, 4.69) is 10.3 Å². The molecule has 1 fully saturated rings. The van der Waals surface area contributed by atoms with Gasteiger partial charge in [0.15, 0.2) is 0 Å². The highest BCUT2D eigenvalue weighted by atomic mass is 19.4. The number of pyridine rings is 1. The number of carboxylic acids is 1. The van der Waals surface area contributed by atoms with Gasteiger partial charge in [0.1, 0.15) is 17.2 Å². The summed E-state index contributed by atoms with van der Waals surface area (Å²) in [6.45, 7) is 1.45. The highest BCUT2D eigenvalue weighted by Gasteiger charge is 2.41. The van der Waals surface area contributed by atoms with E-state index in [0.717, 1.165) is 24.5 Å². The number of anilines is 1. The predicted molar refractivity (Wildman–Crippen MR) is 115 cm³/mol. The molecule has 0 amide bonds. The van der Waals surface area contributed by atoms with E-state index in [1.54, 1.807) is 12.1 Å². The Hall–Kier alpha value is -2.81. The number of rotatable bonds is 5. The third kappa shape index (κ3) is 4.93. The Morgan fingerprint density at radius 1 is 1.24 bits per heavy atom. The number of nitrogens with zero attached hydrogens (tertiary/aromatic N) is 1. The van der Waals surface area contributed by atoms with Gasteiger partial charge in [-0.25, -0.2) is 4.98 Å². The van der Waals surface area contributed by atoms with Crippen LogP contribution in [0.1, 0.15) is 61.8 Å². The lowest BCUT2D eigenvalue weighted by atomic mass is 9.77. The number of aliphatic hydroxyl groups is 1. The maximum absolute atomic E-state index is 13.3. The fourth-order valence-corrected chi connectivity index (χ4v) is 4.71. The van der Waals surface area contributed by atoms with E-state index in [1.807, 2.05) is 6.07 Å². The summed E-state index contributed by atoms with van der Waals surface area (Å²) in [6, 6.07) is 7.48. The summed E-state index contributed by atoms with van der Waals surface area (Å²) in [5.74, 6) is -1.53. The van der Waals surface area contributed by atoms with Crippen LogP contribution in [0.4, 0.5) is 19.0 Å². The number of carbonyl (C=O) groups is 1. The summed E-state index contributed by atoms with van der Waals surface area (Å²) < 4.78 is 46.2. The van der Waals surface area contributed by atoms with Crippen molar-refractivity contribution < 1.29 is 32.9 Å². The molecule has 0 saturated heterocycles. The van der Waals surface area contributed by atoms with Gasteiger partial charge in [-0.15, -0.1) is 0 Å². The molecule has 0 unspecified atom stereocenters. The van der Waals surface area contributed by atoms with Gasteiger partial charge in [0.25, 0.3) is 0 Å². The SMILES string of the molecule is C[C@H](C(=O)O)[C@@H](O)c1ccc2c(c1)OC1(CC2)CCC(Nc2ncccc2C(F)(F)F)CC1. The van der Waals surface area contributed by atoms with Crippen LogP contribution in [0.3, 0.4) is 0 Å². The van der Waals surface area contributed by atoms with Crippen molar-refractivity contribution in [3.8, 4) is 5.75 Å². The van der Waals surface area contributed by atoms with Gasteiger partial charge in [0, 0.05) is 12.2 Å². The van der Waals surface area contributed by atoms with Gasteiger partial charge < -0.3 is 20.3 Å². The number of fused-ring (bicyclic) bond motifs is 1. The summed E-state index contributed by atoms with van der Waals surface area (Å²) in [7, 11) is 0. The fourth-order valence-electron chi connectivity index (χ4n) is 4.71. The first-order valence-corrected chi connectivity index (χ1v) is 11.1. The van der Waals surface area contributed by atoms with E-state index in [9.17, 15) is 28.2 Å². The molecule has 0 bridgehead atoms. The summed E-state index contributed by atoms with van der Waals surface area (Å²) in [6.07, 6.45) is -0.0380. The van der Waals surface area contributed by atoms with Gasteiger partial charge in [0.2, 0.25) is 0 Å². The molecule has 1 aromatic carbocycles. The van der Waals surface area contributed by atoms with Gasteiger partial charge in [-0.2, -0.15) is 13.2 Å². The molecule has 1 aromatic heterocycles. The van der Waals surface area contributed by atoms with Crippen molar-refractivity contribution in [3.05, 3.63) is 53.2 Å². The highest BCUT2D eigenvalue weighted by molar-refractivity contribution is 5.70. The maximum atomic E-state index is 13.3. The topological polar surface area (TPSA) is 91.7 Å². The lowest BCUT2D eigenvalue weighted by Crippen LogP contribution is -2.45. The zero-order chi connectivity index (χ0) is 23.8. The molecule has 2 aromatic rings. The quantitative estimate of drug-likeness (QED) is 0.579. The van der Waals surface area contributed by atoms with Crippen LogP contribution >= 0.6 is 0 Å². The van der Waals surface area contributed by atoms with Crippen LogP contribution in [0, 0.1) is 5.92 Å². The summed E-state index contributed by atoms with van der Waals surface area (Å²) >= 11 is 0. The molecule has 2 heterocycles. The molecule has 1 aliphatic carbocycles. The standard InChI is InChI=1S/C24H27F3N2O4/c1-14(22(31)32)20(30)16-5-4-15-6-9-23(33-19(15)13-16)10-7-17(8-11-23)29-21-18(24(25,26)27)3-2-12-28-21/h2-5,12-14,17,20,30H,6-11H2,1H3,(H,28,29)(H,31,32)/t14-,17?,20+,23?/m0/s1. The summed E-state index contributed by atoms with van der Waals surface area (Å²) in [5, 5.41) is 22.5. The molecule has 33 heavy (non-hydrogen) atoms.